The number of fused-ring (bicyclic) bond motifs is 1. The highest BCUT2D eigenvalue weighted by Gasteiger charge is 2.47. The van der Waals surface area contributed by atoms with Gasteiger partial charge in [-0.2, -0.15) is 0 Å². The lowest BCUT2D eigenvalue weighted by atomic mass is 9.54. The fourth-order valence-corrected chi connectivity index (χ4v) is 3.43. The first-order chi connectivity index (χ1) is 7.52. The normalized spacial score (nSPS) is 39.3. The predicted molar refractivity (Wildman–Crippen MR) is 70.0 cm³/mol. The Hall–Kier alpha value is -0.960. The minimum Gasteiger partial charge on any atom is -0.115 e. The van der Waals surface area contributed by atoms with E-state index < -0.39 is 0 Å². The maximum Gasteiger partial charge on any atom is -0.00217 e. The third-order valence-corrected chi connectivity index (χ3v) is 5.21. The molecular formula is C16H22. The Kier molecular flexibility index (Phi) is 2.74. The van der Waals surface area contributed by atoms with Crippen LogP contribution in [0.4, 0.5) is 0 Å². The van der Waals surface area contributed by atoms with Gasteiger partial charge in [-0.05, 0) is 54.9 Å². The fourth-order valence-electron chi connectivity index (χ4n) is 3.43. The van der Waals surface area contributed by atoms with E-state index in [1.165, 1.54) is 36.8 Å². The zero-order valence-corrected chi connectivity index (χ0v) is 10.6. The van der Waals surface area contributed by atoms with Crippen LogP contribution in [0.15, 0.2) is 23.8 Å². The van der Waals surface area contributed by atoms with Crippen molar-refractivity contribution in [3.8, 4) is 12.3 Å². The third-order valence-electron chi connectivity index (χ3n) is 5.21. The van der Waals surface area contributed by atoms with Gasteiger partial charge in [0.05, 0.1) is 0 Å². The van der Waals surface area contributed by atoms with Gasteiger partial charge in [0.25, 0.3) is 0 Å². The largest absolute Gasteiger partial charge is 0.115 e. The zero-order valence-electron chi connectivity index (χ0n) is 10.6. The Morgan fingerprint density at radius 2 is 2.06 bits per heavy atom. The molecule has 0 aromatic rings. The van der Waals surface area contributed by atoms with Crippen molar-refractivity contribution < 1.29 is 0 Å². The summed E-state index contributed by atoms with van der Waals surface area (Å²) in [6, 6.07) is 0. The molecule has 0 nitrogen and oxygen atoms in total. The predicted octanol–water partition coefficient (Wildman–Crippen LogP) is 4.48. The zero-order chi connectivity index (χ0) is 11.8. The van der Waals surface area contributed by atoms with Crippen LogP contribution in [0.2, 0.25) is 0 Å². The van der Waals surface area contributed by atoms with Crippen molar-refractivity contribution in [1.29, 1.82) is 0 Å². The van der Waals surface area contributed by atoms with Crippen LogP contribution in [0.3, 0.4) is 0 Å². The number of hydrogen-bond donors (Lipinski definition) is 0. The van der Waals surface area contributed by atoms with E-state index in [9.17, 15) is 0 Å². The van der Waals surface area contributed by atoms with Crippen LogP contribution in [0.1, 0.15) is 52.4 Å². The van der Waals surface area contributed by atoms with Gasteiger partial charge < -0.3 is 0 Å². The van der Waals surface area contributed by atoms with E-state index in [0.717, 1.165) is 12.8 Å². The number of allylic oxidation sites excluding steroid dienone is 3. The molecule has 86 valence electrons. The van der Waals surface area contributed by atoms with Gasteiger partial charge in [0.1, 0.15) is 0 Å². The van der Waals surface area contributed by atoms with Crippen LogP contribution < -0.4 is 0 Å². The third kappa shape index (κ3) is 1.54. The smallest absolute Gasteiger partial charge is 0.00217 e. The number of terminal acetylenes is 1. The van der Waals surface area contributed by atoms with Crippen LogP contribution >= 0.6 is 0 Å². The number of rotatable bonds is 0. The maximum absolute atomic E-state index is 5.54. The van der Waals surface area contributed by atoms with E-state index >= 15 is 0 Å². The second kappa shape index (κ2) is 3.81. The van der Waals surface area contributed by atoms with E-state index in [1.807, 2.05) is 0 Å². The highest BCUT2D eigenvalue weighted by Crippen LogP contribution is 2.58. The highest BCUT2D eigenvalue weighted by atomic mass is 14.5. The Labute approximate surface area is 99.8 Å². The lowest BCUT2D eigenvalue weighted by molar-refractivity contribution is 0.0641. The number of hydrogen-bond acceptors (Lipinski definition) is 0. The van der Waals surface area contributed by atoms with Crippen LogP contribution in [0.25, 0.3) is 0 Å². The molecule has 16 heavy (non-hydrogen) atoms. The molecule has 0 aromatic carbocycles. The van der Waals surface area contributed by atoms with Crippen molar-refractivity contribution in [3.05, 3.63) is 23.8 Å². The summed E-state index contributed by atoms with van der Waals surface area (Å²) in [5.74, 6) is 2.83. The second-order valence-electron chi connectivity index (χ2n) is 5.93. The van der Waals surface area contributed by atoms with E-state index in [0.29, 0.717) is 5.41 Å². The Balaban J connectivity index is 2.38. The van der Waals surface area contributed by atoms with Crippen molar-refractivity contribution in [2.45, 2.75) is 52.4 Å². The average Bonchev–Trinajstić information content (AvgIpc) is 2.39. The second-order valence-corrected chi connectivity index (χ2v) is 5.93. The van der Waals surface area contributed by atoms with Gasteiger partial charge in [-0.3, -0.25) is 0 Å². The monoisotopic (exact) mass is 214 g/mol. The summed E-state index contributed by atoms with van der Waals surface area (Å²) >= 11 is 0. The van der Waals surface area contributed by atoms with Crippen molar-refractivity contribution in [2.24, 2.45) is 10.8 Å². The maximum atomic E-state index is 5.54. The molecule has 0 heterocycles. The van der Waals surface area contributed by atoms with Crippen molar-refractivity contribution in [1.82, 2.24) is 0 Å². The highest BCUT2D eigenvalue weighted by molar-refractivity contribution is 5.31. The molecule has 2 aliphatic rings. The quantitative estimate of drug-likeness (QED) is 0.412. The van der Waals surface area contributed by atoms with E-state index in [-0.39, 0.29) is 5.41 Å². The average molecular weight is 214 g/mol. The van der Waals surface area contributed by atoms with E-state index in [1.54, 1.807) is 0 Å². The molecule has 2 rings (SSSR count). The van der Waals surface area contributed by atoms with Crippen LogP contribution in [0.5, 0.6) is 0 Å². The van der Waals surface area contributed by atoms with Gasteiger partial charge in [-0.1, -0.05) is 38.0 Å². The summed E-state index contributed by atoms with van der Waals surface area (Å²) in [4.78, 5) is 0. The van der Waals surface area contributed by atoms with Gasteiger partial charge in [0, 0.05) is 0 Å². The van der Waals surface area contributed by atoms with Crippen molar-refractivity contribution >= 4 is 0 Å². The molecule has 1 fully saturated rings. The van der Waals surface area contributed by atoms with Crippen LogP contribution in [-0.2, 0) is 0 Å². The SMILES string of the molecule is C#CC1=CC[C@@]2(C)C(=C)CCC[C@]2(C)CC1. The molecular weight excluding hydrogens is 192 g/mol. The molecule has 0 aromatic heterocycles. The summed E-state index contributed by atoms with van der Waals surface area (Å²) in [5.41, 5.74) is 3.31. The van der Waals surface area contributed by atoms with E-state index in [4.69, 9.17) is 6.42 Å². The van der Waals surface area contributed by atoms with Crippen molar-refractivity contribution in [3.63, 3.8) is 0 Å². The minimum atomic E-state index is 0.268. The molecule has 0 spiro atoms. The fraction of sp³-hybridized carbons (Fsp3) is 0.625. The molecule has 0 radical (unpaired) electrons. The van der Waals surface area contributed by atoms with Crippen LogP contribution in [0, 0.1) is 23.2 Å². The molecule has 0 saturated heterocycles. The molecule has 1 saturated carbocycles. The van der Waals surface area contributed by atoms with Gasteiger partial charge in [-0.25, -0.2) is 0 Å². The molecule has 0 unspecified atom stereocenters. The van der Waals surface area contributed by atoms with Crippen LogP contribution in [-0.4, -0.2) is 0 Å². The first kappa shape index (κ1) is 11.5. The molecule has 2 atom stereocenters. The topological polar surface area (TPSA) is 0 Å². The lowest BCUT2D eigenvalue weighted by Gasteiger charge is -2.51. The Morgan fingerprint density at radius 1 is 1.31 bits per heavy atom. The molecule has 0 amide bonds. The summed E-state index contributed by atoms with van der Waals surface area (Å²) in [5, 5.41) is 0. The van der Waals surface area contributed by atoms with Crippen molar-refractivity contribution in [2.75, 3.05) is 0 Å². The molecule has 0 N–H and O–H groups in total. The van der Waals surface area contributed by atoms with Gasteiger partial charge in [0.2, 0.25) is 0 Å². The summed E-state index contributed by atoms with van der Waals surface area (Å²) < 4.78 is 0. The molecule has 0 aliphatic heterocycles. The first-order valence-electron chi connectivity index (χ1n) is 6.36. The Bertz CT molecular complexity index is 379. The lowest BCUT2D eigenvalue weighted by Crippen LogP contribution is -2.41. The first-order valence-corrected chi connectivity index (χ1v) is 6.36. The Morgan fingerprint density at radius 3 is 2.75 bits per heavy atom. The molecule has 0 heteroatoms. The van der Waals surface area contributed by atoms with Gasteiger partial charge in [-0.15, -0.1) is 6.42 Å². The van der Waals surface area contributed by atoms with E-state index in [2.05, 4.69) is 32.4 Å². The minimum absolute atomic E-state index is 0.268. The van der Waals surface area contributed by atoms with Gasteiger partial charge >= 0.3 is 0 Å². The standard InChI is InChI=1S/C16H22/c1-5-14-8-11-15(3)10-6-7-13(2)16(15,4)12-9-14/h1,9H,2,6-8,10-12H2,3-4H3/t15-,16+/m1/s1. The molecule has 2 aliphatic carbocycles. The summed E-state index contributed by atoms with van der Waals surface area (Å²) in [6.45, 7) is 9.16. The van der Waals surface area contributed by atoms with Gasteiger partial charge in [0.15, 0.2) is 0 Å². The summed E-state index contributed by atoms with van der Waals surface area (Å²) in [7, 11) is 0. The molecule has 0 bridgehead atoms. The summed E-state index contributed by atoms with van der Waals surface area (Å²) in [6.07, 6.45) is 15.0.